The van der Waals surface area contributed by atoms with Crippen molar-refractivity contribution in [3.8, 4) is 0 Å². The Morgan fingerprint density at radius 2 is 2.25 bits per heavy atom. The summed E-state index contributed by atoms with van der Waals surface area (Å²) in [6.07, 6.45) is -1.55. The van der Waals surface area contributed by atoms with Crippen LogP contribution in [0.3, 0.4) is 0 Å². The van der Waals surface area contributed by atoms with E-state index in [9.17, 15) is 14.4 Å². The average molecular weight is 246 g/mol. The summed E-state index contributed by atoms with van der Waals surface area (Å²) in [5, 5.41) is 8.92. The first-order valence-corrected chi connectivity index (χ1v) is 5.67. The Balaban J connectivity index is 2.16. The summed E-state index contributed by atoms with van der Waals surface area (Å²) in [6.45, 7) is 0. The number of amides is 2. The van der Waals surface area contributed by atoms with Crippen molar-refractivity contribution in [3.63, 3.8) is 0 Å². The highest BCUT2D eigenvalue weighted by molar-refractivity contribution is 8.00. The molecule has 3 atom stereocenters. The number of primary amides is 1. The fraction of sp³-hybridized carbons (Fsp3) is 0.625. The molecule has 8 heteroatoms. The molecule has 16 heavy (non-hydrogen) atoms. The molecule has 0 radical (unpaired) electrons. The van der Waals surface area contributed by atoms with Crippen molar-refractivity contribution in [3.05, 3.63) is 0 Å². The van der Waals surface area contributed by atoms with Crippen molar-refractivity contribution in [2.24, 2.45) is 5.73 Å². The molecule has 2 heterocycles. The van der Waals surface area contributed by atoms with Gasteiger partial charge in [-0.25, -0.2) is 9.59 Å². The summed E-state index contributed by atoms with van der Waals surface area (Å²) in [4.78, 5) is 34.2. The molecule has 0 saturated carbocycles. The van der Waals surface area contributed by atoms with Gasteiger partial charge in [0.2, 0.25) is 5.91 Å². The highest BCUT2D eigenvalue weighted by Crippen LogP contribution is 2.38. The van der Waals surface area contributed by atoms with E-state index in [2.05, 4.69) is 0 Å². The lowest BCUT2D eigenvalue weighted by Gasteiger charge is -2.49. The van der Waals surface area contributed by atoms with E-state index in [1.807, 2.05) is 0 Å². The second kappa shape index (κ2) is 3.85. The quantitative estimate of drug-likeness (QED) is 0.618. The van der Waals surface area contributed by atoms with Gasteiger partial charge in [-0.1, -0.05) is 0 Å². The molecule has 0 bridgehead atoms. The van der Waals surface area contributed by atoms with E-state index >= 15 is 0 Å². The molecule has 0 aliphatic carbocycles. The lowest BCUT2D eigenvalue weighted by atomic mass is 10.0. The molecule has 2 rings (SSSR count). The van der Waals surface area contributed by atoms with Gasteiger partial charge in [-0.05, 0) is 0 Å². The number of nitrogens with two attached hydrogens (primary N) is 1. The van der Waals surface area contributed by atoms with Gasteiger partial charge in [0.25, 0.3) is 0 Å². The number of rotatable bonds is 2. The fourth-order valence-corrected chi connectivity index (χ4v) is 3.21. The van der Waals surface area contributed by atoms with Crippen LogP contribution in [-0.4, -0.2) is 51.2 Å². The van der Waals surface area contributed by atoms with Crippen molar-refractivity contribution in [1.82, 2.24) is 4.90 Å². The van der Waals surface area contributed by atoms with E-state index in [4.69, 9.17) is 15.6 Å². The molecule has 2 aliphatic heterocycles. The molecule has 0 aromatic carbocycles. The SMILES string of the molecule is NC(=O)OC1CS[C@H]2CC(=O)N2C1C(=O)O. The van der Waals surface area contributed by atoms with Crippen LogP contribution in [0, 0.1) is 0 Å². The third-order valence-electron chi connectivity index (χ3n) is 2.57. The van der Waals surface area contributed by atoms with Gasteiger partial charge in [0.1, 0.15) is 6.10 Å². The molecule has 0 aromatic rings. The van der Waals surface area contributed by atoms with Gasteiger partial charge in [-0.2, -0.15) is 0 Å². The third kappa shape index (κ3) is 1.69. The number of nitrogens with zero attached hydrogens (tertiary/aromatic N) is 1. The number of carbonyl (C=O) groups excluding carboxylic acids is 2. The normalized spacial score (nSPS) is 32.6. The number of β-lactam (4-membered cyclic amide) rings is 1. The second-order valence-corrected chi connectivity index (χ2v) is 4.76. The predicted molar refractivity (Wildman–Crippen MR) is 53.6 cm³/mol. The number of fused-ring (bicyclic) bond motifs is 1. The molecule has 88 valence electrons. The molecule has 2 aliphatic rings. The topological polar surface area (TPSA) is 110 Å². The standard InChI is InChI=1S/C8H10N2O5S/c9-8(14)15-3-2-16-5-1-4(11)10(5)6(3)7(12)13/h3,5-6H,1-2H2,(H2,9,14)(H,12,13)/t3?,5-,6?/m0/s1. The zero-order valence-electron chi connectivity index (χ0n) is 8.16. The van der Waals surface area contributed by atoms with Crippen LogP contribution in [0.5, 0.6) is 0 Å². The number of carboxylic acid groups (broad SMARTS) is 1. The Morgan fingerprint density at radius 3 is 2.75 bits per heavy atom. The number of aliphatic carboxylic acids is 1. The molecule has 3 N–H and O–H groups in total. The maximum Gasteiger partial charge on any atom is 0.404 e. The van der Waals surface area contributed by atoms with E-state index in [0.29, 0.717) is 12.2 Å². The van der Waals surface area contributed by atoms with Crippen LogP contribution in [0.2, 0.25) is 0 Å². The fourth-order valence-electron chi connectivity index (χ4n) is 1.88. The average Bonchev–Trinajstić information content (AvgIpc) is 2.17. The van der Waals surface area contributed by atoms with Gasteiger partial charge < -0.3 is 20.5 Å². The maximum atomic E-state index is 11.3. The molecular formula is C8H10N2O5S. The van der Waals surface area contributed by atoms with Crippen molar-refractivity contribution in [2.45, 2.75) is 23.9 Å². The molecular weight excluding hydrogens is 236 g/mol. The lowest BCUT2D eigenvalue weighted by molar-refractivity contribution is -0.163. The van der Waals surface area contributed by atoms with E-state index < -0.39 is 24.2 Å². The first-order valence-electron chi connectivity index (χ1n) is 4.62. The summed E-state index contributed by atoms with van der Waals surface area (Å²) in [6, 6.07) is -1.11. The zero-order chi connectivity index (χ0) is 11.9. The number of thioether (sulfide) groups is 1. The number of ether oxygens (including phenoxy) is 1. The van der Waals surface area contributed by atoms with Gasteiger partial charge in [0.15, 0.2) is 6.04 Å². The number of hydrogen-bond donors (Lipinski definition) is 2. The Morgan fingerprint density at radius 1 is 1.56 bits per heavy atom. The molecule has 2 amide bonds. The van der Waals surface area contributed by atoms with Gasteiger partial charge >= 0.3 is 12.1 Å². The highest BCUT2D eigenvalue weighted by Gasteiger charge is 2.52. The van der Waals surface area contributed by atoms with Crippen LogP contribution in [0.25, 0.3) is 0 Å². The minimum atomic E-state index is -1.18. The Bertz CT molecular complexity index is 360. The van der Waals surface area contributed by atoms with Crippen LogP contribution < -0.4 is 5.73 Å². The Kier molecular flexibility index (Phi) is 2.66. The third-order valence-corrected chi connectivity index (χ3v) is 3.87. The smallest absolute Gasteiger partial charge is 0.404 e. The first kappa shape index (κ1) is 11.1. The van der Waals surface area contributed by atoms with Crippen LogP contribution in [0.1, 0.15) is 6.42 Å². The van der Waals surface area contributed by atoms with E-state index in [1.165, 1.54) is 16.7 Å². The zero-order valence-corrected chi connectivity index (χ0v) is 8.98. The highest BCUT2D eigenvalue weighted by atomic mass is 32.2. The largest absolute Gasteiger partial charge is 0.480 e. The number of carbonyl (C=O) groups is 3. The Hall–Kier alpha value is -1.44. The van der Waals surface area contributed by atoms with Crippen LogP contribution in [0.15, 0.2) is 0 Å². The number of hydrogen-bond acceptors (Lipinski definition) is 5. The van der Waals surface area contributed by atoms with Crippen molar-refractivity contribution < 1.29 is 24.2 Å². The minimum absolute atomic E-state index is 0.110. The molecule has 2 saturated heterocycles. The molecule has 2 unspecified atom stereocenters. The molecule has 7 nitrogen and oxygen atoms in total. The summed E-state index contributed by atoms with van der Waals surface area (Å²) >= 11 is 1.40. The van der Waals surface area contributed by atoms with Crippen LogP contribution in [0.4, 0.5) is 4.79 Å². The first-order chi connectivity index (χ1) is 7.50. The monoisotopic (exact) mass is 246 g/mol. The Labute approximate surface area is 94.9 Å². The van der Waals surface area contributed by atoms with Crippen molar-refractivity contribution >= 4 is 29.7 Å². The minimum Gasteiger partial charge on any atom is -0.480 e. The van der Waals surface area contributed by atoms with Gasteiger partial charge in [-0.15, -0.1) is 11.8 Å². The van der Waals surface area contributed by atoms with Gasteiger partial charge in [0.05, 0.1) is 11.8 Å². The van der Waals surface area contributed by atoms with Crippen LogP contribution in [-0.2, 0) is 14.3 Å². The predicted octanol–water partition coefficient (Wildman–Crippen LogP) is -0.791. The summed E-state index contributed by atoms with van der Waals surface area (Å²) in [5.41, 5.74) is 4.85. The molecule has 0 spiro atoms. The maximum absolute atomic E-state index is 11.3. The molecule has 2 fully saturated rings. The van der Waals surface area contributed by atoms with Gasteiger partial charge in [-0.3, -0.25) is 4.79 Å². The lowest BCUT2D eigenvalue weighted by Crippen LogP contribution is -2.66. The number of carboxylic acids is 1. The summed E-state index contributed by atoms with van der Waals surface area (Å²) in [5.74, 6) is -1.07. The van der Waals surface area contributed by atoms with Gasteiger partial charge in [0, 0.05) is 5.75 Å². The van der Waals surface area contributed by atoms with Crippen LogP contribution >= 0.6 is 11.8 Å². The molecule has 0 aromatic heterocycles. The van der Waals surface area contributed by atoms with Crippen molar-refractivity contribution in [2.75, 3.05) is 5.75 Å². The second-order valence-electron chi connectivity index (χ2n) is 3.55. The summed E-state index contributed by atoms with van der Waals surface area (Å²) < 4.78 is 4.71. The van der Waals surface area contributed by atoms with Crippen molar-refractivity contribution in [1.29, 1.82) is 0 Å². The van der Waals surface area contributed by atoms with E-state index in [-0.39, 0.29) is 11.3 Å². The van der Waals surface area contributed by atoms with E-state index in [0.717, 1.165) is 0 Å². The van der Waals surface area contributed by atoms with E-state index in [1.54, 1.807) is 0 Å². The summed E-state index contributed by atoms with van der Waals surface area (Å²) in [7, 11) is 0.